The number of imidazole rings is 1. The summed E-state index contributed by atoms with van der Waals surface area (Å²) in [5.74, 6) is -0.850. The first kappa shape index (κ1) is 24.7. The van der Waals surface area contributed by atoms with Gasteiger partial charge in [-0.05, 0) is 59.8 Å². The molecule has 180 valence electrons. The number of carbonyl (C=O) groups excluding carboxylic acids is 4. The fraction of sp³-hybridized carbons (Fsp3) is 0.375. The summed E-state index contributed by atoms with van der Waals surface area (Å²) in [5.41, 5.74) is -0.499. The monoisotopic (exact) mass is 468 g/mol. The van der Waals surface area contributed by atoms with Crippen LogP contribution in [0.3, 0.4) is 0 Å². The number of hydrogen-bond donors (Lipinski definition) is 1. The molecule has 1 aliphatic heterocycles. The summed E-state index contributed by atoms with van der Waals surface area (Å²) in [5, 5.41) is 2.45. The molecule has 2 heterocycles. The minimum atomic E-state index is -0.788. The van der Waals surface area contributed by atoms with Crippen LogP contribution < -0.4 is 5.32 Å². The van der Waals surface area contributed by atoms with Crippen LogP contribution in [-0.2, 0) is 9.47 Å². The maximum atomic E-state index is 12.6. The summed E-state index contributed by atoms with van der Waals surface area (Å²) in [6, 6.07) is 6.62. The van der Waals surface area contributed by atoms with Crippen molar-refractivity contribution in [1.29, 1.82) is 0 Å². The van der Waals surface area contributed by atoms with E-state index in [1.807, 2.05) is 0 Å². The highest BCUT2D eigenvalue weighted by Gasteiger charge is 2.34. The molecule has 0 saturated heterocycles. The van der Waals surface area contributed by atoms with Crippen molar-refractivity contribution < 1.29 is 28.7 Å². The second-order valence-corrected chi connectivity index (χ2v) is 9.64. The molecule has 0 bridgehead atoms. The Hall–Kier alpha value is -3.95. The second kappa shape index (κ2) is 9.12. The number of carbonyl (C=O) groups is 4. The van der Waals surface area contributed by atoms with Crippen LogP contribution in [0.15, 0.2) is 36.5 Å². The van der Waals surface area contributed by atoms with Crippen LogP contribution in [0.1, 0.15) is 68.0 Å². The van der Waals surface area contributed by atoms with Crippen molar-refractivity contribution in [3.63, 3.8) is 0 Å². The number of imide groups is 1. The van der Waals surface area contributed by atoms with E-state index < -0.39 is 23.4 Å². The van der Waals surface area contributed by atoms with Crippen LogP contribution in [0, 0.1) is 0 Å². The van der Waals surface area contributed by atoms with Gasteiger partial charge in [0, 0.05) is 12.7 Å². The molecule has 0 saturated carbocycles. The lowest BCUT2D eigenvalue weighted by molar-refractivity contribution is 0.0537. The Kier molecular flexibility index (Phi) is 6.63. The molecule has 10 nitrogen and oxygen atoms in total. The van der Waals surface area contributed by atoms with Crippen LogP contribution in [0.4, 0.5) is 15.5 Å². The Bertz CT molecular complexity index is 1130. The molecule has 1 aromatic carbocycles. The predicted octanol–water partition coefficient (Wildman–Crippen LogP) is 4.32. The van der Waals surface area contributed by atoms with Crippen molar-refractivity contribution in [1.82, 2.24) is 14.5 Å². The van der Waals surface area contributed by atoms with Crippen LogP contribution in [0.5, 0.6) is 0 Å². The fourth-order valence-electron chi connectivity index (χ4n) is 3.10. The normalized spacial score (nSPS) is 13.9. The van der Waals surface area contributed by atoms with Crippen molar-refractivity contribution in [2.24, 2.45) is 0 Å². The number of hydrogen-bond acceptors (Lipinski definition) is 7. The number of amides is 3. The summed E-state index contributed by atoms with van der Waals surface area (Å²) in [6.07, 6.45) is 2.95. The lowest BCUT2D eigenvalue weighted by atomic mass is 10.1. The minimum absolute atomic E-state index is 0.0144. The highest BCUT2D eigenvalue weighted by Crippen LogP contribution is 2.22. The van der Waals surface area contributed by atoms with E-state index in [0.29, 0.717) is 16.8 Å². The maximum absolute atomic E-state index is 12.6. The SMILES string of the molecule is CC(C)(C)OC(=O)Nc1nc(/C=C/CN2C(=O)c3ccccc3C2=O)cn1C(=O)OC(C)(C)C. The molecule has 1 N–H and O–H groups in total. The van der Waals surface area contributed by atoms with E-state index in [9.17, 15) is 19.2 Å². The van der Waals surface area contributed by atoms with Gasteiger partial charge in [-0.25, -0.2) is 19.1 Å². The molecule has 0 spiro atoms. The van der Waals surface area contributed by atoms with Gasteiger partial charge in [0.25, 0.3) is 11.8 Å². The van der Waals surface area contributed by atoms with E-state index in [1.165, 1.54) is 12.3 Å². The number of nitrogens with zero attached hydrogens (tertiary/aromatic N) is 3. The van der Waals surface area contributed by atoms with Crippen molar-refractivity contribution in [3.8, 4) is 0 Å². The minimum Gasteiger partial charge on any atom is -0.444 e. The van der Waals surface area contributed by atoms with E-state index in [4.69, 9.17) is 9.47 Å². The number of rotatable bonds is 4. The molecule has 1 aliphatic rings. The van der Waals surface area contributed by atoms with Gasteiger partial charge in [-0.2, -0.15) is 0 Å². The summed E-state index contributed by atoms with van der Waals surface area (Å²) in [7, 11) is 0. The third-order valence-electron chi connectivity index (χ3n) is 4.38. The molecule has 3 rings (SSSR count). The van der Waals surface area contributed by atoms with Gasteiger partial charge >= 0.3 is 12.2 Å². The van der Waals surface area contributed by atoms with E-state index >= 15 is 0 Å². The van der Waals surface area contributed by atoms with Gasteiger partial charge in [-0.1, -0.05) is 18.2 Å². The molecule has 0 atom stereocenters. The summed E-state index contributed by atoms with van der Waals surface area (Å²) in [4.78, 5) is 55.2. The first-order chi connectivity index (χ1) is 15.7. The predicted molar refractivity (Wildman–Crippen MR) is 125 cm³/mol. The van der Waals surface area contributed by atoms with Crippen molar-refractivity contribution in [2.75, 3.05) is 11.9 Å². The Morgan fingerprint density at radius 2 is 1.53 bits per heavy atom. The smallest absolute Gasteiger partial charge is 0.421 e. The molecule has 0 unspecified atom stereocenters. The highest BCUT2D eigenvalue weighted by atomic mass is 16.6. The average Bonchev–Trinajstić information content (AvgIpc) is 3.20. The van der Waals surface area contributed by atoms with Gasteiger partial charge < -0.3 is 9.47 Å². The summed E-state index contributed by atoms with van der Waals surface area (Å²) >= 11 is 0. The quantitative estimate of drug-likeness (QED) is 0.664. The van der Waals surface area contributed by atoms with Gasteiger partial charge in [0.15, 0.2) is 0 Å². The molecule has 2 aromatic rings. The molecule has 0 fully saturated rings. The molecule has 3 amide bonds. The first-order valence-electron chi connectivity index (χ1n) is 10.7. The van der Waals surface area contributed by atoms with Gasteiger partial charge in [0.2, 0.25) is 5.95 Å². The average molecular weight is 469 g/mol. The van der Waals surface area contributed by atoms with Crippen molar-refractivity contribution >= 4 is 36.0 Å². The summed E-state index contributed by atoms with van der Waals surface area (Å²) < 4.78 is 11.7. The van der Waals surface area contributed by atoms with Crippen molar-refractivity contribution in [2.45, 2.75) is 52.7 Å². The second-order valence-electron chi connectivity index (χ2n) is 9.64. The maximum Gasteiger partial charge on any atom is 0.421 e. The van der Waals surface area contributed by atoms with Gasteiger partial charge in [-0.3, -0.25) is 19.8 Å². The summed E-state index contributed by atoms with van der Waals surface area (Å²) in [6.45, 7) is 10.3. The number of nitrogens with one attached hydrogen (secondary N) is 1. The number of fused-ring (bicyclic) bond motifs is 1. The molecular formula is C24H28N4O6. The van der Waals surface area contributed by atoms with Gasteiger partial charge in [-0.15, -0.1) is 0 Å². The Morgan fingerprint density at radius 3 is 2.06 bits per heavy atom. The lowest BCUT2D eigenvalue weighted by Crippen LogP contribution is -2.30. The molecule has 0 aliphatic carbocycles. The molecule has 10 heteroatoms. The third kappa shape index (κ3) is 5.89. The number of ether oxygens (including phenoxy) is 2. The molecule has 0 radical (unpaired) electrons. The zero-order valence-electron chi connectivity index (χ0n) is 20.0. The first-order valence-corrected chi connectivity index (χ1v) is 10.7. The van der Waals surface area contributed by atoms with E-state index in [1.54, 1.807) is 71.9 Å². The Labute approximate surface area is 197 Å². The number of benzene rings is 1. The van der Waals surface area contributed by atoms with Gasteiger partial charge in [0.1, 0.15) is 11.2 Å². The topological polar surface area (TPSA) is 120 Å². The van der Waals surface area contributed by atoms with Crippen LogP contribution in [0.2, 0.25) is 0 Å². The van der Waals surface area contributed by atoms with Crippen molar-refractivity contribution in [3.05, 3.63) is 53.4 Å². The Morgan fingerprint density at radius 1 is 0.971 bits per heavy atom. The molecule has 34 heavy (non-hydrogen) atoms. The van der Waals surface area contributed by atoms with Crippen LogP contribution in [-0.4, -0.2) is 56.2 Å². The third-order valence-corrected chi connectivity index (χ3v) is 4.38. The standard InChI is InChI=1S/C24H28N4O6/c1-23(2,3)33-21(31)26-20-25-15(14-28(20)22(32)34-24(4,5)6)10-9-13-27-18(29)16-11-7-8-12-17(16)19(27)30/h7-12,14H,13H2,1-6H3,(H,25,26,31)/b10-9+. The molecule has 1 aromatic heterocycles. The zero-order valence-corrected chi connectivity index (χ0v) is 20.0. The number of anilines is 1. The lowest BCUT2D eigenvalue weighted by Gasteiger charge is -2.21. The van der Waals surface area contributed by atoms with Crippen LogP contribution in [0.25, 0.3) is 6.08 Å². The zero-order chi connectivity index (χ0) is 25.3. The molecular weight excluding hydrogens is 440 g/mol. The largest absolute Gasteiger partial charge is 0.444 e. The van der Waals surface area contributed by atoms with E-state index in [2.05, 4.69) is 10.3 Å². The fourth-order valence-corrected chi connectivity index (χ4v) is 3.10. The van der Waals surface area contributed by atoms with Crippen LogP contribution >= 0.6 is 0 Å². The van der Waals surface area contributed by atoms with E-state index in [-0.39, 0.29) is 24.3 Å². The van der Waals surface area contributed by atoms with Gasteiger partial charge in [0.05, 0.1) is 16.8 Å². The Balaban J connectivity index is 1.79. The highest BCUT2D eigenvalue weighted by molar-refractivity contribution is 6.21. The van der Waals surface area contributed by atoms with E-state index in [0.717, 1.165) is 9.47 Å². The number of aromatic nitrogens is 2.